The molecule has 0 heterocycles. The van der Waals surface area contributed by atoms with E-state index in [0.717, 1.165) is 37.8 Å². The van der Waals surface area contributed by atoms with Crippen LogP contribution in [-0.4, -0.2) is 23.5 Å². The van der Waals surface area contributed by atoms with Crippen LogP contribution in [0.4, 0.5) is 5.69 Å². The van der Waals surface area contributed by atoms with Gasteiger partial charge in [0.2, 0.25) is 0 Å². The molecule has 4 aliphatic rings. The zero-order valence-electron chi connectivity index (χ0n) is 18.9. The average molecular weight is 416 g/mol. The second-order valence-electron chi connectivity index (χ2n) is 10.1. The molecule has 3 nitrogen and oxygen atoms in total. The van der Waals surface area contributed by atoms with Gasteiger partial charge in [0.15, 0.2) is 0 Å². The number of anilines is 1. The molecule has 0 saturated heterocycles. The lowest BCUT2D eigenvalue weighted by molar-refractivity contribution is -0.118. The van der Waals surface area contributed by atoms with Gasteiger partial charge in [-0.3, -0.25) is 4.79 Å². The molecule has 5 rings (SSSR count). The van der Waals surface area contributed by atoms with Crippen LogP contribution in [0.25, 0.3) is 0 Å². The Kier molecular flexibility index (Phi) is 4.90. The van der Waals surface area contributed by atoms with Gasteiger partial charge in [0.05, 0.1) is 0 Å². The number of benzene rings is 1. The first-order valence-corrected chi connectivity index (χ1v) is 11.8. The van der Waals surface area contributed by atoms with E-state index in [1.807, 2.05) is 14.0 Å². The molecule has 0 aliphatic heterocycles. The lowest BCUT2D eigenvalue weighted by Crippen LogP contribution is -2.50. The van der Waals surface area contributed by atoms with E-state index in [2.05, 4.69) is 54.4 Å². The number of Topliss-reactive ketones (excluding diaryl/α,β-unsaturated/α-hetero) is 1. The number of hydrogen-bond donors (Lipinski definition) is 2. The summed E-state index contributed by atoms with van der Waals surface area (Å²) in [6.45, 7) is 4.13. The highest BCUT2D eigenvalue weighted by Crippen LogP contribution is 2.66. The highest BCUT2D eigenvalue weighted by atomic mass is 16.3. The van der Waals surface area contributed by atoms with Crippen LogP contribution in [0.15, 0.2) is 47.1 Å². The molecule has 0 spiro atoms. The third kappa shape index (κ3) is 3.03. The fraction of sp³-hybridized carbons (Fsp3) is 0.536. The van der Waals surface area contributed by atoms with Crippen LogP contribution in [0.1, 0.15) is 70.3 Å². The summed E-state index contributed by atoms with van der Waals surface area (Å²) in [5.41, 5.74) is 5.59. The number of nitrogens with one attached hydrogen (secondary N) is 1. The zero-order chi connectivity index (χ0) is 21.8. The second-order valence-corrected chi connectivity index (χ2v) is 10.1. The van der Waals surface area contributed by atoms with Gasteiger partial charge in [-0.1, -0.05) is 36.6 Å². The fourth-order valence-corrected chi connectivity index (χ4v) is 7.19. The van der Waals surface area contributed by atoms with E-state index in [-0.39, 0.29) is 11.3 Å². The van der Waals surface area contributed by atoms with Gasteiger partial charge in [0.1, 0.15) is 11.4 Å². The molecule has 3 saturated carbocycles. The molecule has 0 amide bonds. The van der Waals surface area contributed by atoms with E-state index in [1.165, 1.54) is 16.7 Å². The molecular weight excluding hydrogens is 382 g/mol. The Morgan fingerprint density at radius 1 is 1.19 bits per heavy atom. The summed E-state index contributed by atoms with van der Waals surface area (Å²) in [6.07, 6.45) is 8.18. The van der Waals surface area contributed by atoms with Gasteiger partial charge < -0.3 is 10.4 Å². The van der Waals surface area contributed by atoms with Gasteiger partial charge in [-0.15, -0.1) is 5.92 Å². The first-order valence-electron chi connectivity index (χ1n) is 11.8. The summed E-state index contributed by atoms with van der Waals surface area (Å²) in [7, 11) is 1.95. The zero-order valence-corrected chi connectivity index (χ0v) is 18.9. The molecule has 0 radical (unpaired) electrons. The minimum Gasteiger partial charge on any atom is -0.388 e. The number of carbonyl (C=O) groups excluding carboxylic acids is 1. The molecule has 0 aromatic heterocycles. The van der Waals surface area contributed by atoms with Gasteiger partial charge >= 0.3 is 0 Å². The summed E-state index contributed by atoms with van der Waals surface area (Å²) in [5.74, 6) is 7.77. The standard InChI is InChI=1S/C28H33NO2/c1-4-14-28(31)15-13-25-23-11-7-19-16-21(30)10-12-22(19)26(23)24(17-27(25,28)2)18-5-8-20(29-3)9-6-18/h5-9,23-25,29,31H,10-13,15-17H2,1-3H3/t23-,24?,25-,27-,28-/m0/s1. The van der Waals surface area contributed by atoms with Crippen molar-refractivity contribution in [3.8, 4) is 11.8 Å². The van der Waals surface area contributed by atoms with Gasteiger partial charge in [0, 0.05) is 36.9 Å². The first-order chi connectivity index (χ1) is 14.9. The van der Waals surface area contributed by atoms with Crippen molar-refractivity contribution < 1.29 is 9.90 Å². The Hall–Kier alpha value is -2.31. The highest BCUT2D eigenvalue weighted by molar-refractivity contribution is 5.84. The fourth-order valence-electron chi connectivity index (χ4n) is 7.19. The molecule has 3 heteroatoms. The van der Waals surface area contributed by atoms with E-state index in [9.17, 15) is 9.90 Å². The van der Waals surface area contributed by atoms with Crippen molar-refractivity contribution >= 4 is 11.5 Å². The van der Waals surface area contributed by atoms with Crippen molar-refractivity contribution in [2.75, 3.05) is 12.4 Å². The quantitative estimate of drug-likeness (QED) is 0.638. The summed E-state index contributed by atoms with van der Waals surface area (Å²) < 4.78 is 0. The molecule has 5 atom stereocenters. The van der Waals surface area contributed by atoms with Gasteiger partial charge in [-0.05, 0) is 79.7 Å². The van der Waals surface area contributed by atoms with E-state index >= 15 is 0 Å². The second kappa shape index (κ2) is 7.38. The molecule has 3 fully saturated rings. The van der Waals surface area contributed by atoms with Crippen molar-refractivity contribution in [1.82, 2.24) is 0 Å². The molecule has 1 unspecified atom stereocenters. The van der Waals surface area contributed by atoms with E-state index < -0.39 is 5.60 Å². The lowest BCUT2D eigenvalue weighted by atomic mass is 9.51. The van der Waals surface area contributed by atoms with E-state index in [4.69, 9.17) is 0 Å². The molecule has 1 aromatic carbocycles. The number of carbonyl (C=O) groups is 1. The largest absolute Gasteiger partial charge is 0.388 e. The Bertz CT molecular complexity index is 1040. The number of fused-ring (bicyclic) bond motifs is 4. The van der Waals surface area contributed by atoms with Crippen LogP contribution in [0.5, 0.6) is 0 Å². The Morgan fingerprint density at radius 3 is 2.68 bits per heavy atom. The summed E-state index contributed by atoms with van der Waals surface area (Å²) in [5, 5.41) is 14.9. The predicted molar refractivity (Wildman–Crippen MR) is 125 cm³/mol. The van der Waals surface area contributed by atoms with Crippen molar-refractivity contribution in [3.63, 3.8) is 0 Å². The molecule has 4 aliphatic carbocycles. The third-order valence-electron chi connectivity index (χ3n) is 8.80. The van der Waals surface area contributed by atoms with Crippen LogP contribution in [0.3, 0.4) is 0 Å². The van der Waals surface area contributed by atoms with Crippen molar-refractivity contribution in [2.45, 2.75) is 70.3 Å². The predicted octanol–water partition coefficient (Wildman–Crippen LogP) is 5.38. The number of allylic oxidation sites excluding steroid dienone is 4. The maximum absolute atomic E-state index is 12.2. The number of aliphatic hydroxyl groups is 1. The molecule has 1 aromatic rings. The summed E-state index contributed by atoms with van der Waals surface area (Å²) in [4.78, 5) is 12.2. The van der Waals surface area contributed by atoms with Crippen molar-refractivity contribution in [3.05, 3.63) is 52.6 Å². The van der Waals surface area contributed by atoms with E-state index in [0.29, 0.717) is 30.5 Å². The van der Waals surface area contributed by atoms with Crippen LogP contribution >= 0.6 is 0 Å². The van der Waals surface area contributed by atoms with Crippen LogP contribution in [-0.2, 0) is 4.79 Å². The smallest absolute Gasteiger partial charge is 0.137 e. The van der Waals surface area contributed by atoms with Gasteiger partial charge in [-0.25, -0.2) is 0 Å². The number of rotatable bonds is 2. The molecule has 31 heavy (non-hydrogen) atoms. The number of ketones is 1. The Balaban J connectivity index is 1.66. The molecule has 2 N–H and O–H groups in total. The monoisotopic (exact) mass is 415 g/mol. The summed E-state index contributed by atoms with van der Waals surface area (Å²) in [6, 6.07) is 8.80. The summed E-state index contributed by atoms with van der Waals surface area (Å²) >= 11 is 0. The first kappa shape index (κ1) is 20.6. The van der Waals surface area contributed by atoms with Crippen molar-refractivity contribution in [2.24, 2.45) is 17.3 Å². The minimum atomic E-state index is -0.918. The topological polar surface area (TPSA) is 49.3 Å². The minimum absolute atomic E-state index is 0.229. The van der Waals surface area contributed by atoms with Gasteiger partial charge in [-0.2, -0.15) is 0 Å². The van der Waals surface area contributed by atoms with Crippen LogP contribution in [0.2, 0.25) is 0 Å². The van der Waals surface area contributed by atoms with Crippen LogP contribution in [0, 0.1) is 29.1 Å². The molecule has 162 valence electrons. The van der Waals surface area contributed by atoms with Crippen LogP contribution < -0.4 is 5.32 Å². The maximum Gasteiger partial charge on any atom is 0.137 e. The maximum atomic E-state index is 12.2. The normalized spacial score (nSPS) is 36.6. The van der Waals surface area contributed by atoms with E-state index in [1.54, 1.807) is 5.57 Å². The lowest BCUT2D eigenvalue weighted by Gasteiger charge is -2.53. The Labute approximate surface area is 186 Å². The third-order valence-corrected chi connectivity index (χ3v) is 8.80. The molecule has 0 bridgehead atoms. The highest BCUT2D eigenvalue weighted by Gasteiger charge is 2.62. The SMILES string of the molecule is CC#C[C@]1(O)CC[C@H]2[C@@H]3CC=C4CC(=O)CCC4=C3C(c3ccc(NC)cc3)C[C@@]21C. The number of hydrogen-bond acceptors (Lipinski definition) is 3. The Morgan fingerprint density at radius 2 is 1.97 bits per heavy atom. The van der Waals surface area contributed by atoms with Crippen molar-refractivity contribution in [1.29, 1.82) is 0 Å². The average Bonchev–Trinajstić information content (AvgIpc) is 3.03. The van der Waals surface area contributed by atoms with Gasteiger partial charge in [0.25, 0.3) is 0 Å². The molecular formula is C28H33NO2.